The Bertz CT molecular complexity index is 428. The average Bonchev–Trinajstić information content (AvgIpc) is 2.52. The van der Waals surface area contributed by atoms with E-state index >= 15 is 0 Å². The standard InChI is InChI=1S/C16H25N3O3/c1-3-8-14(17-12-4-2)10-11-15(20)18-13-7-5-6-9-16(21)19-22/h3-4,8,10-11,17,22H,1-2,5-7,9,12-13H2,(H,18,20)(H,19,21)/b11-10+,14-8-. The first-order chi connectivity index (χ1) is 10.6. The highest BCUT2D eigenvalue weighted by Crippen LogP contribution is 1.98. The minimum atomic E-state index is -0.388. The van der Waals surface area contributed by atoms with E-state index in [9.17, 15) is 9.59 Å². The molecule has 4 N–H and O–H groups in total. The van der Waals surface area contributed by atoms with Crippen molar-refractivity contribution < 1.29 is 14.8 Å². The van der Waals surface area contributed by atoms with Gasteiger partial charge in [-0.1, -0.05) is 25.2 Å². The third kappa shape index (κ3) is 11.5. The molecule has 0 radical (unpaired) electrons. The second-order valence-corrected chi connectivity index (χ2v) is 4.50. The second-order valence-electron chi connectivity index (χ2n) is 4.50. The van der Waals surface area contributed by atoms with E-state index in [1.807, 2.05) is 0 Å². The van der Waals surface area contributed by atoms with Crippen molar-refractivity contribution in [1.29, 1.82) is 0 Å². The monoisotopic (exact) mass is 307 g/mol. The topological polar surface area (TPSA) is 90.5 Å². The molecule has 0 aliphatic rings. The molecule has 0 fully saturated rings. The molecule has 6 heteroatoms. The van der Waals surface area contributed by atoms with Crippen LogP contribution in [0, 0.1) is 0 Å². The Labute approximate surface area is 131 Å². The summed E-state index contributed by atoms with van der Waals surface area (Å²) in [7, 11) is 0. The molecular formula is C16H25N3O3. The van der Waals surface area contributed by atoms with E-state index in [4.69, 9.17) is 5.21 Å². The van der Waals surface area contributed by atoms with E-state index in [0.717, 1.165) is 18.5 Å². The number of hydroxylamine groups is 1. The molecule has 0 heterocycles. The first-order valence-electron chi connectivity index (χ1n) is 7.20. The average molecular weight is 307 g/mol. The van der Waals surface area contributed by atoms with Crippen LogP contribution >= 0.6 is 0 Å². The fourth-order valence-electron chi connectivity index (χ4n) is 1.57. The lowest BCUT2D eigenvalue weighted by Gasteiger charge is -2.04. The van der Waals surface area contributed by atoms with Crippen LogP contribution in [0.15, 0.2) is 49.2 Å². The van der Waals surface area contributed by atoms with Crippen molar-refractivity contribution in [2.24, 2.45) is 0 Å². The van der Waals surface area contributed by atoms with Gasteiger partial charge in [-0.3, -0.25) is 14.8 Å². The Kier molecular flexibility index (Phi) is 12.2. The number of rotatable bonds is 12. The molecule has 0 aliphatic carbocycles. The molecule has 6 nitrogen and oxygen atoms in total. The van der Waals surface area contributed by atoms with E-state index in [1.165, 1.54) is 6.08 Å². The van der Waals surface area contributed by atoms with Crippen LogP contribution in [0.4, 0.5) is 0 Å². The lowest BCUT2D eigenvalue weighted by molar-refractivity contribution is -0.129. The first kappa shape index (κ1) is 19.7. The van der Waals surface area contributed by atoms with Crippen molar-refractivity contribution in [3.05, 3.63) is 49.2 Å². The highest BCUT2D eigenvalue weighted by atomic mass is 16.5. The number of allylic oxidation sites excluding steroid dienone is 3. The van der Waals surface area contributed by atoms with Gasteiger partial charge >= 0.3 is 0 Å². The summed E-state index contributed by atoms with van der Waals surface area (Å²) in [5.74, 6) is -0.566. The van der Waals surface area contributed by atoms with Gasteiger partial charge in [-0.05, 0) is 25.0 Å². The summed E-state index contributed by atoms with van der Waals surface area (Å²) in [5.41, 5.74) is 2.36. The normalized spacial score (nSPS) is 11.0. The van der Waals surface area contributed by atoms with Crippen LogP contribution in [-0.4, -0.2) is 30.1 Å². The second kappa shape index (κ2) is 13.6. The predicted molar refractivity (Wildman–Crippen MR) is 87.0 cm³/mol. The zero-order chi connectivity index (χ0) is 16.6. The van der Waals surface area contributed by atoms with Crippen molar-refractivity contribution in [2.75, 3.05) is 13.1 Å². The largest absolute Gasteiger partial charge is 0.382 e. The highest BCUT2D eigenvalue weighted by molar-refractivity contribution is 5.87. The van der Waals surface area contributed by atoms with Gasteiger partial charge in [-0.15, -0.1) is 6.58 Å². The summed E-state index contributed by atoms with van der Waals surface area (Å²) < 4.78 is 0. The van der Waals surface area contributed by atoms with E-state index in [0.29, 0.717) is 19.5 Å². The van der Waals surface area contributed by atoms with E-state index in [-0.39, 0.29) is 18.2 Å². The van der Waals surface area contributed by atoms with Crippen LogP contribution in [-0.2, 0) is 9.59 Å². The Morgan fingerprint density at radius 3 is 2.45 bits per heavy atom. The molecule has 0 aromatic rings. The molecule has 0 bridgehead atoms. The van der Waals surface area contributed by atoms with Gasteiger partial charge in [-0.2, -0.15) is 0 Å². The number of unbranched alkanes of at least 4 members (excludes halogenated alkanes) is 2. The van der Waals surface area contributed by atoms with Crippen LogP contribution in [0.2, 0.25) is 0 Å². The minimum Gasteiger partial charge on any atom is -0.382 e. The number of amides is 2. The van der Waals surface area contributed by atoms with E-state index in [1.54, 1.807) is 29.8 Å². The SMILES string of the molecule is C=C/C=C(/C=C/C(=O)NCCCCCC(=O)NO)NCC=C. The summed E-state index contributed by atoms with van der Waals surface area (Å²) in [6.07, 6.45) is 10.8. The van der Waals surface area contributed by atoms with Crippen molar-refractivity contribution >= 4 is 11.8 Å². The summed E-state index contributed by atoms with van der Waals surface area (Å²) in [6.45, 7) is 8.37. The van der Waals surface area contributed by atoms with Crippen molar-refractivity contribution in [3.63, 3.8) is 0 Å². The number of carbonyl (C=O) groups excluding carboxylic acids is 2. The first-order valence-corrected chi connectivity index (χ1v) is 7.20. The third-order valence-corrected chi connectivity index (χ3v) is 2.67. The number of nitrogens with one attached hydrogen (secondary N) is 3. The van der Waals surface area contributed by atoms with Crippen LogP contribution in [0.25, 0.3) is 0 Å². The zero-order valence-electron chi connectivity index (χ0n) is 12.8. The Balaban J connectivity index is 3.89. The van der Waals surface area contributed by atoms with Gasteiger partial charge in [0.25, 0.3) is 0 Å². The maximum atomic E-state index is 11.6. The molecule has 0 saturated heterocycles. The Morgan fingerprint density at radius 2 is 1.82 bits per heavy atom. The van der Waals surface area contributed by atoms with E-state index in [2.05, 4.69) is 23.8 Å². The molecule has 0 rings (SSSR count). The van der Waals surface area contributed by atoms with Gasteiger partial charge in [0.2, 0.25) is 11.8 Å². The molecule has 0 spiro atoms. The van der Waals surface area contributed by atoms with E-state index < -0.39 is 0 Å². The van der Waals surface area contributed by atoms with Gasteiger partial charge < -0.3 is 10.6 Å². The summed E-state index contributed by atoms with van der Waals surface area (Å²) >= 11 is 0. The van der Waals surface area contributed by atoms with Crippen LogP contribution in [0.3, 0.4) is 0 Å². The van der Waals surface area contributed by atoms with Gasteiger partial charge in [0.1, 0.15) is 0 Å². The summed E-state index contributed by atoms with van der Waals surface area (Å²) in [5, 5.41) is 14.2. The van der Waals surface area contributed by atoms with Crippen LogP contribution < -0.4 is 16.1 Å². The third-order valence-electron chi connectivity index (χ3n) is 2.67. The summed E-state index contributed by atoms with van der Waals surface area (Å²) in [4.78, 5) is 22.4. The molecule has 0 aliphatic heterocycles. The van der Waals surface area contributed by atoms with Crippen molar-refractivity contribution in [1.82, 2.24) is 16.1 Å². The van der Waals surface area contributed by atoms with Gasteiger partial charge in [0, 0.05) is 31.3 Å². The fourth-order valence-corrected chi connectivity index (χ4v) is 1.57. The lowest BCUT2D eigenvalue weighted by atomic mass is 10.2. The van der Waals surface area contributed by atoms with Crippen molar-refractivity contribution in [3.8, 4) is 0 Å². The lowest BCUT2D eigenvalue weighted by Crippen LogP contribution is -2.22. The smallest absolute Gasteiger partial charge is 0.244 e. The molecule has 22 heavy (non-hydrogen) atoms. The van der Waals surface area contributed by atoms with Gasteiger partial charge in [-0.25, -0.2) is 5.48 Å². The highest BCUT2D eigenvalue weighted by Gasteiger charge is 1.99. The van der Waals surface area contributed by atoms with Crippen LogP contribution in [0.5, 0.6) is 0 Å². The molecular weight excluding hydrogens is 282 g/mol. The molecule has 0 atom stereocenters. The molecule has 122 valence electrons. The molecule has 2 amide bonds. The molecule has 0 saturated carbocycles. The zero-order valence-corrected chi connectivity index (χ0v) is 12.8. The molecule has 0 aromatic heterocycles. The van der Waals surface area contributed by atoms with Gasteiger partial charge in [0.15, 0.2) is 0 Å². The number of hydrogen-bond acceptors (Lipinski definition) is 4. The number of hydrogen-bond donors (Lipinski definition) is 4. The van der Waals surface area contributed by atoms with Crippen molar-refractivity contribution in [2.45, 2.75) is 25.7 Å². The fraction of sp³-hybridized carbons (Fsp3) is 0.375. The molecule has 0 unspecified atom stereocenters. The maximum absolute atomic E-state index is 11.6. The molecule has 0 aromatic carbocycles. The van der Waals surface area contributed by atoms with Gasteiger partial charge in [0.05, 0.1) is 0 Å². The summed E-state index contributed by atoms with van der Waals surface area (Å²) in [6, 6.07) is 0. The Morgan fingerprint density at radius 1 is 1.05 bits per heavy atom. The Hall–Kier alpha value is -2.34. The maximum Gasteiger partial charge on any atom is 0.244 e. The van der Waals surface area contributed by atoms with Crippen LogP contribution in [0.1, 0.15) is 25.7 Å². The quantitative estimate of drug-likeness (QED) is 0.110. The minimum absolute atomic E-state index is 0.177. The predicted octanol–water partition coefficient (Wildman–Crippen LogP) is 1.57. The number of carbonyl (C=O) groups is 2.